The molecular formula is C18H22N4O3. The number of hydrogen-bond acceptors (Lipinski definition) is 4. The molecule has 132 valence electrons. The van der Waals surface area contributed by atoms with Crippen LogP contribution in [0.3, 0.4) is 0 Å². The molecule has 1 aliphatic rings. The molecule has 0 saturated heterocycles. The van der Waals surface area contributed by atoms with Crippen molar-refractivity contribution >= 4 is 17.6 Å². The van der Waals surface area contributed by atoms with E-state index in [2.05, 4.69) is 20.8 Å². The summed E-state index contributed by atoms with van der Waals surface area (Å²) in [5.41, 5.74) is 1.62. The van der Waals surface area contributed by atoms with E-state index in [0.717, 1.165) is 23.4 Å². The topological polar surface area (TPSA) is 96.1 Å². The summed E-state index contributed by atoms with van der Waals surface area (Å²) >= 11 is 0. The normalized spacial score (nSPS) is 18.5. The second kappa shape index (κ2) is 7.38. The van der Waals surface area contributed by atoms with Gasteiger partial charge in [-0.3, -0.25) is 14.7 Å². The van der Waals surface area contributed by atoms with Gasteiger partial charge < -0.3 is 15.4 Å². The number of anilines is 1. The molecule has 7 nitrogen and oxygen atoms in total. The van der Waals surface area contributed by atoms with Gasteiger partial charge >= 0.3 is 0 Å². The van der Waals surface area contributed by atoms with Crippen LogP contribution in [0.25, 0.3) is 11.3 Å². The lowest BCUT2D eigenvalue weighted by Gasteiger charge is -2.05. The number of hydrogen-bond donors (Lipinski definition) is 3. The van der Waals surface area contributed by atoms with Crippen LogP contribution < -0.4 is 15.4 Å². The van der Waals surface area contributed by atoms with E-state index in [9.17, 15) is 9.59 Å². The maximum Gasteiger partial charge on any atom is 0.227 e. The number of rotatable bonds is 7. The Morgan fingerprint density at radius 1 is 1.36 bits per heavy atom. The smallest absolute Gasteiger partial charge is 0.227 e. The lowest BCUT2D eigenvalue weighted by Crippen LogP contribution is -2.29. The van der Waals surface area contributed by atoms with E-state index in [1.807, 2.05) is 31.2 Å². The molecule has 1 saturated carbocycles. The summed E-state index contributed by atoms with van der Waals surface area (Å²) in [5, 5.41) is 12.5. The highest BCUT2D eigenvalue weighted by Crippen LogP contribution is 2.37. The van der Waals surface area contributed by atoms with Gasteiger partial charge in [0.25, 0.3) is 0 Å². The van der Waals surface area contributed by atoms with Gasteiger partial charge in [0.05, 0.1) is 12.8 Å². The minimum absolute atomic E-state index is 0.0403. The molecule has 3 rings (SSSR count). The standard InChI is InChI=1S/C18H22N4O3/c1-11-9-13(11)18(24)19-8-7-17(23)20-16-10-14(21-22-16)12-5-3-4-6-15(12)25-2/h3-6,10-11,13H,7-9H2,1-2H3,(H,19,24)(H2,20,21,22,23)/t11-,13-/m0/s1. The van der Waals surface area contributed by atoms with Crippen molar-refractivity contribution in [2.45, 2.75) is 19.8 Å². The van der Waals surface area contributed by atoms with Gasteiger partial charge in [-0.1, -0.05) is 19.1 Å². The third-order valence-corrected chi connectivity index (χ3v) is 4.34. The van der Waals surface area contributed by atoms with Crippen LogP contribution in [0.1, 0.15) is 19.8 Å². The lowest BCUT2D eigenvalue weighted by atomic mass is 10.1. The zero-order chi connectivity index (χ0) is 17.8. The second-order valence-electron chi connectivity index (χ2n) is 6.28. The number of ether oxygens (including phenoxy) is 1. The fourth-order valence-corrected chi connectivity index (χ4v) is 2.71. The Balaban J connectivity index is 1.51. The van der Waals surface area contributed by atoms with E-state index in [-0.39, 0.29) is 24.2 Å². The van der Waals surface area contributed by atoms with E-state index < -0.39 is 0 Å². The van der Waals surface area contributed by atoms with E-state index >= 15 is 0 Å². The van der Waals surface area contributed by atoms with Crippen LogP contribution in [0.4, 0.5) is 5.82 Å². The molecule has 0 unspecified atom stereocenters. The van der Waals surface area contributed by atoms with Crippen molar-refractivity contribution in [2.24, 2.45) is 11.8 Å². The zero-order valence-electron chi connectivity index (χ0n) is 14.3. The Morgan fingerprint density at radius 3 is 2.84 bits per heavy atom. The molecule has 0 spiro atoms. The number of carbonyl (C=O) groups is 2. The number of para-hydroxylation sites is 1. The third-order valence-electron chi connectivity index (χ3n) is 4.34. The molecule has 0 radical (unpaired) electrons. The number of H-pyrrole nitrogens is 1. The Labute approximate surface area is 146 Å². The van der Waals surface area contributed by atoms with Crippen molar-refractivity contribution in [1.29, 1.82) is 0 Å². The highest BCUT2D eigenvalue weighted by Gasteiger charge is 2.38. The molecule has 1 heterocycles. The van der Waals surface area contributed by atoms with Crippen LogP contribution in [-0.4, -0.2) is 35.7 Å². The molecule has 2 amide bonds. The predicted octanol–water partition coefficient (Wildman–Crippen LogP) is 2.19. The highest BCUT2D eigenvalue weighted by molar-refractivity contribution is 5.91. The number of benzene rings is 1. The van der Waals surface area contributed by atoms with Gasteiger partial charge in [0.2, 0.25) is 11.8 Å². The van der Waals surface area contributed by atoms with Crippen molar-refractivity contribution in [2.75, 3.05) is 19.0 Å². The van der Waals surface area contributed by atoms with E-state index in [0.29, 0.717) is 18.3 Å². The largest absolute Gasteiger partial charge is 0.496 e. The Hall–Kier alpha value is -2.83. The summed E-state index contributed by atoms with van der Waals surface area (Å²) in [6.45, 7) is 2.38. The lowest BCUT2D eigenvalue weighted by molar-refractivity contribution is -0.122. The van der Waals surface area contributed by atoms with Gasteiger partial charge in [-0.05, 0) is 24.5 Å². The number of nitrogens with one attached hydrogen (secondary N) is 3. The SMILES string of the molecule is COc1ccccc1-c1cc(NC(=O)CCNC(=O)[C@H]2C[C@@H]2C)n[nH]1. The van der Waals surface area contributed by atoms with Crippen LogP contribution in [0.2, 0.25) is 0 Å². The van der Waals surface area contributed by atoms with Crippen LogP contribution >= 0.6 is 0 Å². The monoisotopic (exact) mass is 342 g/mol. The van der Waals surface area contributed by atoms with E-state index in [1.165, 1.54) is 0 Å². The third kappa shape index (κ3) is 4.17. The van der Waals surface area contributed by atoms with Crippen LogP contribution in [0, 0.1) is 11.8 Å². The molecule has 1 aromatic heterocycles. The fourth-order valence-electron chi connectivity index (χ4n) is 2.71. The maximum absolute atomic E-state index is 12.0. The minimum Gasteiger partial charge on any atom is -0.496 e. The van der Waals surface area contributed by atoms with Crippen molar-refractivity contribution in [3.05, 3.63) is 30.3 Å². The van der Waals surface area contributed by atoms with E-state index in [4.69, 9.17) is 4.74 Å². The number of nitrogens with zero attached hydrogens (tertiary/aromatic N) is 1. The molecule has 7 heteroatoms. The molecule has 0 bridgehead atoms. The molecule has 2 aromatic rings. The van der Waals surface area contributed by atoms with Crippen molar-refractivity contribution in [3.8, 4) is 17.0 Å². The van der Waals surface area contributed by atoms with Crippen molar-refractivity contribution in [1.82, 2.24) is 15.5 Å². The van der Waals surface area contributed by atoms with Gasteiger partial charge in [-0.2, -0.15) is 5.10 Å². The number of aromatic nitrogens is 2. The average molecular weight is 342 g/mol. The summed E-state index contributed by atoms with van der Waals surface area (Å²) in [6, 6.07) is 9.31. The number of amides is 2. The maximum atomic E-state index is 12.0. The quantitative estimate of drug-likeness (QED) is 0.718. The van der Waals surface area contributed by atoms with Gasteiger partial charge in [0.1, 0.15) is 5.75 Å². The molecule has 0 aliphatic heterocycles. The molecule has 2 atom stereocenters. The first-order valence-corrected chi connectivity index (χ1v) is 8.35. The van der Waals surface area contributed by atoms with Crippen molar-refractivity contribution in [3.63, 3.8) is 0 Å². The first kappa shape index (κ1) is 17.0. The Morgan fingerprint density at radius 2 is 2.12 bits per heavy atom. The molecule has 25 heavy (non-hydrogen) atoms. The molecular weight excluding hydrogens is 320 g/mol. The first-order chi connectivity index (χ1) is 12.1. The molecule has 1 aliphatic carbocycles. The van der Waals surface area contributed by atoms with Crippen LogP contribution in [-0.2, 0) is 9.59 Å². The average Bonchev–Trinajstić information content (AvgIpc) is 3.17. The first-order valence-electron chi connectivity index (χ1n) is 8.35. The van der Waals surface area contributed by atoms with Crippen LogP contribution in [0.5, 0.6) is 5.75 Å². The number of methoxy groups -OCH3 is 1. The minimum atomic E-state index is -0.192. The zero-order valence-corrected chi connectivity index (χ0v) is 14.3. The summed E-state index contributed by atoms with van der Waals surface area (Å²) in [4.78, 5) is 23.7. The molecule has 1 fully saturated rings. The highest BCUT2D eigenvalue weighted by atomic mass is 16.5. The van der Waals surface area contributed by atoms with Gasteiger partial charge in [0, 0.05) is 30.5 Å². The number of carbonyl (C=O) groups excluding carboxylic acids is 2. The summed E-state index contributed by atoms with van der Waals surface area (Å²) < 4.78 is 5.32. The van der Waals surface area contributed by atoms with Gasteiger partial charge in [-0.25, -0.2) is 0 Å². The summed E-state index contributed by atoms with van der Waals surface area (Å²) in [5.74, 6) is 1.60. The molecule has 1 aromatic carbocycles. The summed E-state index contributed by atoms with van der Waals surface area (Å²) in [7, 11) is 1.61. The summed E-state index contributed by atoms with van der Waals surface area (Å²) in [6.07, 6.45) is 1.15. The predicted molar refractivity (Wildman–Crippen MR) is 94.1 cm³/mol. The van der Waals surface area contributed by atoms with Gasteiger partial charge in [-0.15, -0.1) is 0 Å². The second-order valence-corrected chi connectivity index (χ2v) is 6.28. The molecule has 3 N–H and O–H groups in total. The number of aromatic amines is 1. The van der Waals surface area contributed by atoms with Gasteiger partial charge in [0.15, 0.2) is 5.82 Å². The van der Waals surface area contributed by atoms with Crippen molar-refractivity contribution < 1.29 is 14.3 Å². The fraction of sp³-hybridized carbons (Fsp3) is 0.389. The Kier molecular flexibility index (Phi) is 5.02. The van der Waals surface area contributed by atoms with E-state index in [1.54, 1.807) is 13.2 Å². The van der Waals surface area contributed by atoms with Crippen LogP contribution in [0.15, 0.2) is 30.3 Å². The Bertz CT molecular complexity index is 771.